The molecule has 0 spiro atoms. The van der Waals surface area contributed by atoms with E-state index < -0.39 is 5.97 Å². The first-order valence-corrected chi connectivity index (χ1v) is 10.4. The minimum absolute atomic E-state index is 0.0734. The van der Waals surface area contributed by atoms with Crippen LogP contribution in [0.5, 0.6) is 5.88 Å². The second-order valence-electron chi connectivity index (χ2n) is 7.08. The predicted octanol–water partition coefficient (Wildman–Crippen LogP) is 6.79. The van der Waals surface area contributed by atoms with Crippen molar-refractivity contribution in [2.24, 2.45) is 0 Å². The van der Waals surface area contributed by atoms with Crippen molar-refractivity contribution in [1.29, 1.82) is 0 Å². The highest BCUT2D eigenvalue weighted by Gasteiger charge is 2.16. The summed E-state index contributed by atoms with van der Waals surface area (Å²) in [6.07, 6.45) is 0. The van der Waals surface area contributed by atoms with Gasteiger partial charge in [0.15, 0.2) is 0 Å². The van der Waals surface area contributed by atoms with Crippen LogP contribution < -0.4 is 4.74 Å². The van der Waals surface area contributed by atoms with Gasteiger partial charge in [-0.05, 0) is 31.2 Å². The number of carbonyl (C=O) groups is 1. The number of nitrogens with zero attached hydrogens (tertiary/aromatic N) is 1. The molecule has 0 saturated carbocycles. The number of aryl methyl sites for hydroxylation is 1. The van der Waals surface area contributed by atoms with Gasteiger partial charge in [-0.25, -0.2) is 9.78 Å². The molecule has 4 nitrogen and oxygen atoms in total. The molecule has 0 amide bonds. The van der Waals surface area contributed by atoms with Crippen molar-refractivity contribution in [2.75, 3.05) is 0 Å². The van der Waals surface area contributed by atoms with Crippen LogP contribution in [0.1, 0.15) is 27.0 Å². The highest BCUT2D eigenvalue weighted by Crippen LogP contribution is 2.26. The molecular formula is C25H19Cl2NO3. The Kier molecular flexibility index (Phi) is 6.40. The fourth-order valence-electron chi connectivity index (χ4n) is 3.16. The van der Waals surface area contributed by atoms with Crippen molar-refractivity contribution in [2.45, 2.75) is 20.1 Å². The van der Waals surface area contributed by atoms with Gasteiger partial charge in [-0.15, -0.1) is 0 Å². The molecule has 0 N–H and O–H groups in total. The molecule has 4 aromatic rings. The number of benzene rings is 3. The van der Waals surface area contributed by atoms with Gasteiger partial charge in [0.2, 0.25) is 5.88 Å². The number of fused-ring (bicyclic) bond motifs is 1. The minimum atomic E-state index is -0.472. The van der Waals surface area contributed by atoms with Gasteiger partial charge in [-0.2, -0.15) is 0 Å². The van der Waals surface area contributed by atoms with Crippen molar-refractivity contribution in [3.05, 3.63) is 105 Å². The van der Waals surface area contributed by atoms with Gasteiger partial charge in [-0.1, -0.05) is 71.2 Å². The zero-order valence-corrected chi connectivity index (χ0v) is 18.3. The molecule has 0 aliphatic rings. The smallest absolute Gasteiger partial charge is 0.339 e. The second kappa shape index (κ2) is 9.38. The van der Waals surface area contributed by atoms with Crippen LogP contribution in [0.2, 0.25) is 10.0 Å². The lowest BCUT2D eigenvalue weighted by molar-refractivity contribution is 0.0474. The Balaban J connectivity index is 1.62. The number of hydrogen-bond donors (Lipinski definition) is 0. The maximum absolute atomic E-state index is 13.0. The quantitative estimate of drug-likeness (QED) is 0.303. The summed E-state index contributed by atoms with van der Waals surface area (Å²) in [6.45, 7) is 2.27. The Morgan fingerprint density at radius 2 is 1.52 bits per heavy atom. The maximum atomic E-state index is 13.0. The Morgan fingerprint density at radius 3 is 2.19 bits per heavy atom. The van der Waals surface area contributed by atoms with E-state index in [1.54, 1.807) is 18.2 Å². The van der Waals surface area contributed by atoms with Crippen LogP contribution in [0.4, 0.5) is 0 Å². The molecule has 0 radical (unpaired) electrons. The Bertz CT molecular complexity index is 1260. The van der Waals surface area contributed by atoms with Gasteiger partial charge in [0.05, 0.1) is 11.1 Å². The number of halogens is 2. The molecule has 0 aliphatic heterocycles. The predicted molar refractivity (Wildman–Crippen MR) is 123 cm³/mol. The Labute approximate surface area is 190 Å². The number of carbonyl (C=O) groups excluding carboxylic acids is 1. The van der Waals surface area contributed by atoms with Crippen molar-refractivity contribution in [3.8, 4) is 5.88 Å². The molecule has 1 aromatic heterocycles. The molecule has 31 heavy (non-hydrogen) atoms. The fraction of sp³-hybridized carbons (Fsp3) is 0.120. The lowest BCUT2D eigenvalue weighted by atomic mass is 10.1. The first-order chi connectivity index (χ1) is 15.0. The standard InChI is InChI=1S/C25H19Cl2NO3/c1-16-10-11-23-19(12-16)20(25(29)31-15-18-7-3-5-9-22(18)27)13-24(28-23)30-14-17-6-2-4-8-21(17)26/h2-13H,14-15H2,1H3. The van der Waals surface area contributed by atoms with Gasteiger partial charge in [0, 0.05) is 32.6 Å². The van der Waals surface area contributed by atoms with E-state index in [0.29, 0.717) is 32.4 Å². The van der Waals surface area contributed by atoms with Crippen LogP contribution in [-0.2, 0) is 18.0 Å². The summed E-state index contributed by atoms with van der Waals surface area (Å²) in [5.41, 5.74) is 3.61. The number of ether oxygens (including phenoxy) is 2. The SMILES string of the molecule is Cc1ccc2nc(OCc3ccccc3Cl)cc(C(=O)OCc3ccccc3Cl)c2c1. The molecule has 1 heterocycles. The highest BCUT2D eigenvalue weighted by atomic mass is 35.5. The second-order valence-corrected chi connectivity index (χ2v) is 7.89. The van der Waals surface area contributed by atoms with Crippen LogP contribution in [0.15, 0.2) is 72.8 Å². The molecule has 0 saturated heterocycles. The van der Waals surface area contributed by atoms with Crippen molar-refractivity contribution in [3.63, 3.8) is 0 Å². The van der Waals surface area contributed by atoms with Crippen LogP contribution in [0.25, 0.3) is 10.9 Å². The minimum Gasteiger partial charge on any atom is -0.473 e. The average molecular weight is 452 g/mol. The van der Waals surface area contributed by atoms with Crippen LogP contribution in [-0.4, -0.2) is 11.0 Å². The monoisotopic (exact) mass is 451 g/mol. The van der Waals surface area contributed by atoms with Crippen molar-refractivity contribution < 1.29 is 14.3 Å². The summed E-state index contributed by atoms with van der Waals surface area (Å²) in [4.78, 5) is 17.5. The van der Waals surface area contributed by atoms with Crippen LogP contribution in [0, 0.1) is 6.92 Å². The summed E-state index contributed by atoms with van der Waals surface area (Å²) in [5, 5.41) is 1.86. The zero-order valence-electron chi connectivity index (χ0n) is 16.8. The van der Waals surface area contributed by atoms with Crippen LogP contribution in [0.3, 0.4) is 0 Å². The molecule has 0 fully saturated rings. The summed E-state index contributed by atoms with van der Waals surface area (Å²) in [7, 11) is 0. The Hall–Kier alpha value is -3.08. The zero-order chi connectivity index (χ0) is 21.8. The van der Waals surface area contributed by atoms with Gasteiger partial charge in [-0.3, -0.25) is 0 Å². The first-order valence-electron chi connectivity index (χ1n) is 9.69. The normalized spacial score (nSPS) is 10.8. The lowest BCUT2D eigenvalue weighted by Crippen LogP contribution is -2.08. The van der Waals surface area contributed by atoms with E-state index in [4.69, 9.17) is 32.7 Å². The van der Waals surface area contributed by atoms with Gasteiger partial charge < -0.3 is 9.47 Å². The average Bonchev–Trinajstić information content (AvgIpc) is 2.77. The molecular weight excluding hydrogens is 433 g/mol. The van der Waals surface area contributed by atoms with E-state index >= 15 is 0 Å². The topological polar surface area (TPSA) is 48.4 Å². The summed E-state index contributed by atoms with van der Waals surface area (Å²) < 4.78 is 11.4. The van der Waals surface area contributed by atoms with Gasteiger partial charge >= 0.3 is 5.97 Å². The molecule has 0 bridgehead atoms. The first kappa shape index (κ1) is 21.2. The number of rotatable bonds is 6. The Morgan fingerprint density at radius 1 is 0.871 bits per heavy atom. The number of esters is 1. The number of hydrogen-bond acceptors (Lipinski definition) is 4. The molecule has 4 rings (SSSR count). The van der Waals surface area contributed by atoms with Crippen LogP contribution >= 0.6 is 23.2 Å². The molecule has 3 aromatic carbocycles. The van der Waals surface area contributed by atoms with E-state index in [-0.39, 0.29) is 13.2 Å². The molecule has 0 atom stereocenters. The number of aromatic nitrogens is 1. The van der Waals surface area contributed by atoms with E-state index in [1.165, 1.54) is 0 Å². The molecule has 0 unspecified atom stereocenters. The van der Waals surface area contributed by atoms with E-state index in [9.17, 15) is 4.79 Å². The maximum Gasteiger partial charge on any atom is 0.339 e. The molecule has 156 valence electrons. The summed E-state index contributed by atoms with van der Waals surface area (Å²) >= 11 is 12.4. The van der Waals surface area contributed by atoms with E-state index in [0.717, 1.165) is 16.7 Å². The summed E-state index contributed by atoms with van der Waals surface area (Å²) in [5.74, 6) is -0.151. The van der Waals surface area contributed by atoms with Crippen molar-refractivity contribution in [1.82, 2.24) is 4.98 Å². The fourth-order valence-corrected chi connectivity index (χ4v) is 3.54. The molecule has 0 aliphatic carbocycles. The highest BCUT2D eigenvalue weighted by molar-refractivity contribution is 6.31. The van der Waals surface area contributed by atoms with Gasteiger partial charge in [0.1, 0.15) is 13.2 Å². The lowest BCUT2D eigenvalue weighted by Gasteiger charge is -2.12. The largest absolute Gasteiger partial charge is 0.473 e. The molecule has 6 heteroatoms. The third-order valence-corrected chi connectivity index (χ3v) is 5.55. The number of pyridine rings is 1. The third kappa shape index (κ3) is 4.98. The van der Waals surface area contributed by atoms with Gasteiger partial charge in [0.25, 0.3) is 0 Å². The summed E-state index contributed by atoms with van der Waals surface area (Å²) in [6, 6.07) is 22.0. The van der Waals surface area contributed by atoms with E-state index in [2.05, 4.69) is 4.98 Å². The van der Waals surface area contributed by atoms with E-state index in [1.807, 2.05) is 61.5 Å². The third-order valence-electron chi connectivity index (χ3n) is 4.81. The van der Waals surface area contributed by atoms with Crippen molar-refractivity contribution >= 4 is 40.1 Å².